The van der Waals surface area contributed by atoms with Gasteiger partial charge in [0.2, 0.25) is 0 Å². The van der Waals surface area contributed by atoms with E-state index >= 15 is 0 Å². The minimum atomic E-state index is -1.26. The predicted octanol–water partition coefficient (Wildman–Crippen LogP) is 3.42. The van der Waals surface area contributed by atoms with Gasteiger partial charge in [-0.15, -0.1) is 0 Å². The molecule has 138 valence electrons. The Kier molecular flexibility index (Phi) is 7.49. The third-order valence-electron chi connectivity index (χ3n) is 4.79. The van der Waals surface area contributed by atoms with Crippen molar-refractivity contribution in [2.24, 2.45) is 0 Å². The van der Waals surface area contributed by atoms with E-state index in [1.807, 2.05) is 0 Å². The van der Waals surface area contributed by atoms with Gasteiger partial charge in [-0.2, -0.15) is 0 Å². The molecule has 2 unspecified atom stereocenters. The van der Waals surface area contributed by atoms with Gasteiger partial charge >= 0.3 is 11.9 Å². The summed E-state index contributed by atoms with van der Waals surface area (Å²) < 4.78 is 16.6. The lowest BCUT2D eigenvalue weighted by molar-refractivity contribution is -0.202. The number of carboxylic acid groups (broad SMARTS) is 1. The van der Waals surface area contributed by atoms with Crippen molar-refractivity contribution in [2.45, 2.75) is 95.5 Å². The van der Waals surface area contributed by atoms with Crippen molar-refractivity contribution in [2.75, 3.05) is 6.61 Å². The molecule has 2 rings (SSSR count). The van der Waals surface area contributed by atoms with Crippen LogP contribution in [-0.2, 0) is 23.8 Å². The minimum absolute atomic E-state index is 0.310. The third kappa shape index (κ3) is 5.18. The van der Waals surface area contributed by atoms with Gasteiger partial charge in [0.05, 0.1) is 6.61 Å². The van der Waals surface area contributed by atoms with Gasteiger partial charge in [-0.05, 0) is 19.3 Å². The zero-order valence-corrected chi connectivity index (χ0v) is 14.6. The zero-order valence-electron chi connectivity index (χ0n) is 14.6. The smallest absolute Gasteiger partial charge is 0.338 e. The largest absolute Gasteiger partial charge is 0.479 e. The summed E-state index contributed by atoms with van der Waals surface area (Å²) in [6, 6.07) is 0. The van der Waals surface area contributed by atoms with Crippen LogP contribution in [-0.4, -0.2) is 41.6 Å². The molecule has 1 heterocycles. The molecule has 1 saturated heterocycles. The normalized spacial score (nSPS) is 25.7. The number of carbonyl (C=O) groups is 2. The van der Waals surface area contributed by atoms with Gasteiger partial charge in [-0.1, -0.05) is 45.4 Å². The molecule has 0 aromatic heterocycles. The van der Waals surface area contributed by atoms with Crippen molar-refractivity contribution in [3.8, 4) is 0 Å². The second kappa shape index (κ2) is 9.37. The van der Waals surface area contributed by atoms with E-state index in [0.29, 0.717) is 19.4 Å². The van der Waals surface area contributed by atoms with Gasteiger partial charge in [0.1, 0.15) is 0 Å². The summed E-state index contributed by atoms with van der Waals surface area (Å²) in [7, 11) is 0. The summed E-state index contributed by atoms with van der Waals surface area (Å²) in [5.41, 5.74) is 0. The molecule has 1 N–H and O–H groups in total. The number of carbonyl (C=O) groups excluding carboxylic acids is 1. The fraction of sp³-hybridized carbons (Fsp3) is 0.889. The SMILES string of the molecule is CCCCCCCCOC(=O)C1OC2(CCCCC2)OC1C(=O)O. The number of aliphatic carboxylic acids is 1. The Morgan fingerprint density at radius 1 is 1.00 bits per heavy atom. The van der Waals surface area contributed by atoms with E-state index in [0.717, 1.165) is 38.5 Å². The number of carboxylic acids is 1. The first-order valence-corrected chi connectivity index (χ1v) is 9.33. The first-order valence-electron chi connectivity index (χ1n) is 9.33. The first kappa shape index (κ1) is 19.2. The van der Waals surface area contributed by atoms with Crippen molar-refractivity contribution in [3.05, 3.63) is 0 Å². The van der Waals surface area contributed by atoms with Crippen LogP contribution in [0.3, 0.4) is 0 Å². The Morgan fingerprint density at radius 3 is 2.29 bits per heavy atom. The van der Waals surface area contributed by atoms with Crippen molar-refractivity contribution in [1.29, 1.82) is 0 Å². The Balaban J connectivity index is 1.77. The summed E-state index contributed by atoms with van der Waals surface area (Å²) in [6.07, 6.45) is 8.37. The van der Waals surface area contributed by atoms with E-state index in [1.54, 1.807) is 0 Å². The van der Waals surface area contributed by atoms with Crippen LogP contribution in [0.2, 0.25) is 0 Å². The number of unbranched alkanes of at least 4 members (excludes halogenated alkanes) is 5. The molecule has 0 amide bonds. The van der Waals surface area contributed by atoms with Crippen LogP contribution < -0.4 is 0 Å². The van der Waals surface area contributed by atoms with Crippen LogP contribution in [0.4, 0.5) is 0 Å². The van der Waals surface area contributed by atoms with E-state index in [-0.39, 0.29) is 0 Å². The Bertz CT molecular complexity index is 416. The Labute approximate surface area is 143 Å². The minimum Gasteiger partial charge on any atom is -0.479 e. The van der Waals surface area contributed by atoms with Gasteiger partial charge in [0.15, 0.2) is 18.0 Å². The maximum atomic E-state index is 12.2. The highest BCUT2D eigenvalue weighted by Gasteiger charge is 2.54. The molecule has 2 atom stereocenters. The summed E-state index contributed by atoms with van der Waals surface area (Å²) >= 11 is 0. The fourth-order valence-corrected chi connectivity index (χ4v) is 3.43. The van der Waals surface area contributed by atoms with Crippen molar-refractivity contribution in [1.82, 2.24) is 0 Å². The highest BCUT2D eigenvalue weighted by atomic mass is 16.8. The van der Waals surface area contributed by atoms with Gasteiger partial charge in [-0.25, -0.2) is 9.59 Å². The van der Waals surface area contributed by atoms with Crippen LogP contribution in [0.25, 0.3) is 0 Å². The van der Waals surface area contributed by atoms with Gasteiger partial charge < -0.3 is 19.3 Å². The number of rotatable bonds is 9. The van der Waals surface area contributed by atoms with E-state index in [2.05, 4.69) is 6.92 Å². The molecule has 6 heteroatoms. The maximum absolute atomic E-state index is 12.2. The van der Waals surface area contributed by atoms with Crippen LogP contribution >= 0.6 is 0 Å². The summed E-state index contributed by atoms with van der Waals surface area (Å²) in [4.78, 5) is 23.6. The molecule has 2 fully saturated rings. The molecule has 6 nitrogen and oxygen atoms in total. The van der Waals surface area contributed by atoms with E-state index in [9.17, 15) is 14.7 Å². The second-order valence-corrected chi connectivity index (χ2v) is 6.82. The number of hydrogen-bond acceptors (Lipinski definition) is 5. The molecule has 0 bridgehead atoms. The topological polar surface area (TPSA) is 82.1 Å². The molecule has 1 spiro atoms. The molecule has 0 aromatic carbocycles. The zero-order chi connectivity index (χ0) is 17.4. The van der Waals surface area contributed by atoms with E-state index in [4.69, 9.17) is 14.2 Å². The highest BCUT2D eigenvalue weighted by Crippen LogP contribution is 2.40. The number of esters is 1. The lowest BCUT2D eigenvalue weighted by Gasteiger charge is -2.31. The maximum Gasteiger partial charge on any atom is 0.338 e. The highest BCUT2D eigenvalue weighted by molar-refractivity contribution is 5.85. The molecule has 1 aliphatic heterocycles. The molecule has 1 aliphatic carbocycles. The average Bonchev–Trinajstić information content (AvgIpc) is 2.94. The summed E-state index contributed by atoms with van der Waals surface area (Å²) in [5, 5.41) is 9.33. The average molecular weight is 342 g/mol. The quantitative estimate of drug-likeness (QED) is 0.511. The van der Waals surface area contributed by atoms with Crippen LogP contribution in [0.1, 0.15) is 77.6 Å². The third-order valence-corrected chi connectivity index (χ3v) is 4.79. The number of ether oxygens (including phenoxy) is 3. The standard InChI is InChI=1S/C18H30O6/c1-2-3-4-5-6-10-13-22-17(21)15-14(16(19)20)23-18(24-15)11-8-7-9-12-18/h14-15H,2-13H2,1H3,(H,19,20). The van der Waals surface area contributed by atoms with E-state index in [1.165, 1.54) is 19.3 Å². The van der Waals surface area contributed by atoms with Crippen LogP contribution in [0, 0.1) is 0 Å². The first-order chi connectivity index (χ1) is 11.6. The van der Waals surface area contributed by atoms with Crippen molar-refractivity contribution >= 4 is 11.9 Å². The summed E-state index contributed by atoms with van der Waals surface area (Å²) in [6.45, 7) is 2.48. The fourth-order valence-electron chi connectivity index (χ4n) is 3.43. The monoisotopic (exact) mass is 342 g/mol. The molecule has 1 saturated carbocycles. The number of hydrogen-bond donors (Lipinski definition) is 1. The summed E-state index contributed by atoms with van der Waals surface area (Å²) in [5.74, 6) is -2.69. The molecule has 2 aliphatic rings. The molecule has 0 radical (unpaired) electrons. The Morgan fingerprint density at radius 2 is 1.62 bits per heavy atom. The molecule has 0 aromatic rings. The second-order valence-electron chi connectivity index (χ2n) is 6.82. The molecular formula is C18H30O6. The lowest BCUT2D eigenvalue weighted by Crippen LogP contribution is -2.38. The van der Waals surface area contributed by atoms with Gasteiger partial charge in [0.25, 0.3) is 0 Å². The van der Waals surface area contributed by atoms with Crippen molar-refractivity contribution < 1.29 is 28.9 Å². The van der Waals surface area contributed by atoms with Crippen molar-refractivity contribution in [3.63, 3.8) is 0 Å². The molecule has 24 heavy (non-hydrogen) atoms. The van der Waals surface area contributed by atoms with Crippen LogP contribution in [0.5, 0.6) is 0 Å². The van der Waals surface area contributed by atoms with Crippen LogP contribution in [0.15, 0.2) is 0 Å². The lowest BCUT2D eigenvalue weighted by atomic mass is 9.94. The molecular weight excluding hydrogens is 312 g/mol. The Hall–Kier alpha value is -1.14. The predicted molar refractivity (Wildman–Crippen MR) is 87.5 cm³/mol. The van der Waals surface area contributed by atoms with Gasteiger partial charge in [0, 0.05) is 12.8 Å². The van der Waals surface area contributed by atoms with E-state index < -0.39 is 29.9 Å². The van der Waals surface area contributed by atoms with Gasteiger partial charge in [-0.3, -0.25) is 0 Å².